The van der Waals surface area contributed by atoms with Gasteiger partial charge in [0.05, 0.1) is 0 Å². The molecule has 1 aromatic heterocycles. The molecule has 0 bridgehead atoms. The van der Waals surface area contributed by atoms with Crippen LogP contribution in [0.25, 0.3) is 10.8 Å². The second-order valence-corrected chi connectivity index (χ2v) is 6.59. The molecule has 0 amide bonds. The summed E-state index contributed by atoms with van der Waals surface area (Å²) in [6.45, 7) is 7.81. The number of rotatable bonds is 4. The van der Waals surface area contributed by atoms with Crippen LogP contribution in [0.2, 0.25) is 0 Å². The standard InChI is InChI=1S/C18H24N2O2/c1-13(2)11-20-9-3-4-16(12-20)22-15-5-6-17-14(10-15)7-8-19-18(17)21/h5-8,10,13,16H,3-4,9,11-12H2,1-2H3,(H,19,21). The van der Waals surface area contributed by atoms with E-state index < -0.39 is 0 Å². The Bertz CT molecular complexity index is 693. The summed E-state index contributed by atoms with van der Waals surface area (Å²) in [5.74, 6) is 1.54. The van der Waals surface area contributed by atoms with Gasteiger partial charge in [0.1, 0.15) is 11.9 Å². The molecule has 22 heavy (non-hydrogen) atoms. The fourth-order valence-electron chi connectivity index (χ4n) is 3.23. The van der Waals surface area contributed by atoms with Crippen molar-refractivity contribution in [1.29, 1.82) is 0 Å². The van der Waals surface area contributed by atoms with Crippen LogP contribution in [0, 0.1) is 5.92 Å². The Hall–Kier alpha value is -1.81. The third-order valence-electron chi connectivity index (χ3n) is 4.13. The second-order valence-electron chi connectivity index (χ2n) is 6.59. The Balaban J connectivity index is 1.71. The number of pyridine rings is 1. The van der Waals surface area contributed by atoms with Gasteiger partial charge >= 0.3 is 0 Å². The Morgan fingerprint density at radius 3 is 3.05 bits per heavy atom. The third-order valence-corrected chi connectivity index (χ3v) is 4.13. The maximum atomic E-state index is 11.7. The van der Waals surface area contributed by atoms with Gasteiger partial charge in [-0.3, -0.25) is 9.69 Å². The summed E-state index contributed by atoms with van der Waals surface area (Å²) in [5.41, 5.74) is -0.0511. The van der Waals surface area contributed by atoms with E-state index >= 15 is 0 Å². The number of hydrogen-bond donors (Lipinski definition) is 1. The van der Waals surface area contributed by atoms with E-state index in [2.05, 4.69) is 23.7 Å². The van der Waals surface area contributed by atoms with E-state index in [1.165, 1.54) is 13.0 Å². The molecule has 1 atom stereocenters. The van der Waals surface area contributed by atoms with Gasteiger partial charge in [-0.2, -0.15) is 0 Å². The molecule has 1 aromatic carbocycles. The Kier molecular flexibility index (Phi) is 4.48. The second kappa shape index (κ2) is 6.53. The average Bonchev–Trinajstić information content (AvgIpc) is 2.47. The van der Waals surface area contributed by atoms with Crippen molar-refractivity contribution >= 4 is 10.8 Å². The predicted molar refractivity (Wildman–Crippen MR) is 89.5 cm³/mol. The van der Waals surface area contributed by atoms with Crippen LogP contribution in [-0.2, 0) is 0 Å². The largest absolute Gasteiger partial charge is 0.489 e. The quantitative estimate of drug-likeness (QED) is 0.944. The molecule has 0 saturated carbocycles. The minimum Gasteiger partial charge on any atom is -0.489 e. The van der Waals surface area contributed by atoms with E-state index in [4.69, 9.17) is 4.74 Å². The maximum Gasteiger partial charge on any atom is 0.255 e. The lowest BCUT2D eigenvalue weighted by Gasteiger charge is -2.33. The zero-order chi connectivity index (χ0) is 15.5. The zero-order valence-corrected chi connectivity index (χ0v) is 13.3. The van der Waals surface area contributed by atoms with Crippen molar-refractivity contribution in [2.24, 2.45) is 5.92 Å². The Morgan fingerprint density at radius 2 is 2.23 bits per heavy atom. The lowest BCUT2D eigenvalue weighted by Crippen LogP contribution is -2.42. The molecule has 4 heteroatoms. The topological polar surface area (TPSA) is 45.3 Å². The van der Waals surface area contributed by atoms with Crippen molar-refractivity contribution in [2.75, 3.05) is 19.6 Å². The summed E-state index contributed by atoms with van der Waals surface area (Å²) in [6.07, 6.45) is 4.21. The lowest BCUT2D eigenvalue weighted by atomic mass is 10.1. The molecular weight excluding hydrogens is 276 g/mol. The SMILES string of the molecule is CC(C)CN1CCCC(Oc2ccc3c(=O)[nH]ccc3c2)C1. The number of hydrogen-bond acceptors (Lipinski definition) is 3. The van der Waals surface area contributed by atoms with Crippen molar-refractivity contribution in [3.63, 3.8) is 0 Å². The molecule has 2 heterocycles. The van der Waals surface area contributed by atoms with Crippen molar-refractivity contribution in [3.8, 4) is 5.75 Å². The van der Waals surface area contributed by atoms with Crippen LogP contribution in [0.3, 0.4) is 0 Å². The van der Waals surface area contributed by atoms with Crippen molar-refractivity contribution in [2.45, 2.75) is 32.8 Å². The van der Waals surface area contributed by atoms with E-state index in [1.807, 2.05) is 24.3 Å². The van der Waals surface area contributed by atoms with Crippen LogP contribution in [0.5, 0.6) is 5.75 Å². The van der Waals surface area contributed by atoms with Crippen LogP contribution in [0.1, 0.15) is 26.7 Å². The zero-order valence-electron chi connectivity index (χ0n) is 13.3. The molecule has 0 aliphatic carbocycles. The maximum absolute atomic E-state index is 11.7. The molecule has 118 valence electrons. The minimum absolute atomic E-state index is 0.0511. The van der Waals surface area contributed by atoms with Gasteiger partial charge in [-0.25, -0.2) is 0 Å². The van der Waals surface area contributed by atoms with E-state index in [0.29, 0.717) is 11.3 Å². The number of likely N-dealkylation sites (tertiary alicyclic amines) is 1. The number of piperidine rings is 1. The minimum atomic E-state index is -0.0511. The van der Waals surface area contributed by atoms with Gasteiger partial charge < -0.3 is 9.72 Å². The van der Waals surface area contributed by atoms with Gasteiger partial charge in [0, 0.05) is 24.7 Å². The number of fused-ring (bicyclic) bond motifs is 1. The molecule has 0 spiro atoms. The fourth-order valence-corrected chi connectivity index (χ4v) is 3.23. The van der Waals surface area contributed by atoms with E-state index in [1.54, 1.807) is 6.20 Å². The first-order valence-corrected chi connectivity index (χ1v) is 8.12. The number of nitrogens with one attached hydrogen (secondary N) is 1. The Morgan fingerprint density at radius 1 is 1.36 bits per heavy atom. The summed E-state index contributed by atoms with van der Waals surface area (Å²) < 4.78 is 6.16. The first-order valence-electron chi connectivity index (χ1n) is 8.12. The highest BCUT2D eigenvalue weighted by Crippen LogP contribution is 2.22. The molecule has 3 rings (SSSR count). The molecule has 1 aliphatic rings. The van der Waals surface area contributed by atoms with Crippen molar-refractivity contribution in [3.05, 3.63) is 40.8 Å². The van der Waals surface area contributed by atoms with E-state index in [0.717, 1.165) is 30.6 Å². The summed E-state index contributed by atoms with van der Waals surface area (Å²) in [6, 6.07) is 7.62. The molecule has 0 radical (unpaired) electrons. The number of aromatic amines is 1. The molecular formula is C18H24N2O2. The molecule has 1 saturated heterocycles. The van der Waals surface area contributed by atoms with Gasteiger partial charge in [-0.15, -0.1) is 0 Å². The van der Waals surface area contributed by atoms with Gasteiger partial charge in [0.25, 0.3) is 5.56 Å². The molecule has 2 aromatic rings. The van der Waals surface area contributed by atoms with Crippen molar-refractivity contribution < 1.29 is 4.74 Å². The monoisotopic (exact) mass is 300 g/mol. The normalized spacial score (nSPS) is 19.7. The van der Waals surface area contributed by atoms with E-state index in [9.17, 15) is 4.79 Å². The van der Waals surface area contributed by atoms with Gasteiger partial charge in [0.2, 0.25) is 0 Å². The predicted octanol–water partition coefficient (Wildman–Crippen LogP) is 3.03. The van der Waals surface area contributed by atoms with Gasteiger partial charge in [0.15, 0.2) is 0 Å². The summed E-state index contributed by atoms with van der Waals surface area (Å²) in [4.78, 5) is 16.9. The number of ether oxygens (including phenoxy) is 1. The molecule has 1 aliphatic heterocycles. The highest BCUT2D eigenvalue weighted by molar-refractivity contribution is 5.82. The number of H-pyrrole nitrogens is 1. The summed E-state index contributed by atoms with van der Waals surface area (Å²) in [7, 11) is 0. The molecule has 1 unspecified atom stereocenters. The van der Waals surface area contributed by atoms with Gasteiger partial charge in [-0.1, -0.05) is 13.8 Å². The smallest absolute Gasteiger partial charge is 0.255 e. The number of nitrogens with zero attached hydrogens (tertiary/aromatic N) is 1. The summed E-state index contributed by atoms with van der Waals surface area (Å²) in [5, 5.41) is 1.64. The highest BCUT2D eigenvalue weighted by Gasteiger charge is 2.21. The lowest BCUT2D eigenvalue weighted by molar-refractivity contribution is 0.0818. The molecule has 4 nitrogen and oxygen atoms in total. The van der Waals surface area contributed by atoms with Crippen LogP contribution in [-0.4, -0.2) is 35.6 Å². The summed E-state index contributed by atoms with van der Waals surface area (Å²) >= 11 is 0. The van der Waals surface area contributed by atoms with Gasteiger partial charge in [-0.05, 0) is 55.0 Å². The Labute approximate surface area is 131 Å². The first kappa shape index (κ1) is 15.1. The third kappa shape index (κ3) is 3.50. The fraction of sp³-hybridized carbons (Fsp3) is 0.500. The highest BCUT2D eigenvalue weighted by atomic mass is 16.5. The van der Waals surface area contributed by atoms with Crippen LogP contribution in [0.4, 0.5) is 0 Å². The first-order chi connectivity index (χ1) is 10.6. The average molecular weight is 300 g/mol. The van der Waals surface area contributed by atoms with Crippen molar-refractivity contribution in [1.82, 2.24) is 9.88 Å². The number of aromatic nitrogens is 1. The van der Waals surface area contributed by atoms with Crippen LogP contribution >= 0.6 is 0 Å². The molecule has 1 fully saturated rings. The van der Waals surface area contributed by atoms with Crippen LogP contribution < -0.4 is 10.3 Å². The molecule has 1 N–H and O–H groups in total. The van der Waals surface area contributed by atoms with Crippen LogP contribution in [0.15, 0.2) is 35.3 Å². The van der Waals surface area contributed by atoms with E-state index in [-0.39, 0.29) is 11.7 Å². The number of benzene rings is 1.